The Kier molecular flexibility index (Phi) is 5.09. The van der Waals surface area contributed by atoms with E-state index in [0.29, 0.717) is 12.2 Å². The summed E-state index contributed by atoms with van der Waals surface area (Å²) in [5.74, 6) is -0.403. The van der Waals surface area contributed by atoms with Crippen molar-refractivity contribution in [1.29, 1.82) is 5.26 Å². The van der Waals surface area contributed by atoms with Crippen molar-refractivity contribution in [3.63, 3.8) is 0 Å². The highest BCUT2D eigenvalue weighted by Crippen LogP contribution is 2.10. The van der Waals surface area contributed by atoms with Crippen molar-refractivity contribution < 1.29 is 9.53 Å². The SMILES string of the molecule is N#C/C(=C/Nc1cccnc1)C(=O)NCC1CCCO1. The molecule has 1 aliphatic heterocycles. The van der Waals surface area contributed by atoms with Crippen LogP contribution in [0, 0.1) is 11.3 Å². The Balaban J connectivity index is 1.86. The number of carbonyl (C=O) groups excluding carboxylic acids is 1. The van der Waals surface area contributed by atoms with Gasteiger partial charge in [0.05, 0.1) is 18.0 Å². The van der Waals surface area contributed by atoms with E-state index in [-0.39, 0.29) is 11.7 Å². The van der Waals surface area contributed by atoms with Crippen molar-refractivity contribution in [2.45, 2.75) is 18.9 Å². The Morgan fingerprint density at radius 2 is 2.55 bits per heavy atom. The van der Waals surface area contributed by atoms with Crippen LogP contribution in [-0.4, -0.2) is 30.1 Å². The zero-order valence-corrected chi connectivity index (χ0v) is 11.0. The van der Waals surface area contributed by atoms with Gasteiger partial charge in [-0.2, -0.15) is 5.26 Å². The second-order valence-corrected chi connectivity index (χ2v) is 4.40. The van der Waals surface area contributed by atoms with Gasteiger partial charge in [0.15, 0.2) is 0 Å². The molecule has 2 rings (SSSR count). The van der Waals surface area contributed by atoms with E-state index in [9.17, 15) is 4.79 Å². The molecule has 2 N–H and O–H groups in total. The second-order valence-electron chi connectivity index (χ2n) is 4.40. The maximum atomic E-state index is 11.8. The number of hydrogen-bond donors (Lipinski definition) is 2. The summed E-state index contributed by atoms with van der Waals surface area (Å²) in [5, 5.41) is 14.6. The standard InChI is InChI=1S/C14H16N4O2/c15-7-11(8-17-12-3-1-5-16-9-12)14(19)18-10-13-4-2-6-20-13/h1,3,5,8-9,13,17H,2,4,6,10H2,(H,18,19)/b11-8-. The van der Waals surface area contributed by atoms with Crippen LogP contribution in [0.1, 0.15) is 12.8 Å². The molecule has 1 saturated heterocycles. The third-order valence-corrected chi connectivity index (χ3v) is 2.92. The van der Waals surface area contributed by atoms with Crippen molar-refractivity contribution in [1.82, 2.24) is 10.3 Å². The third kappa shape index (κ3) is 4.07. The van der Waals surface area contributed by atoms with Crippen LogP contribution in [0.5, 0.6) is 0 Å². The molecule has 0 aromatic carbocycles. The molecule has 0 spiro atoms. The molecule has 2 heterocycles. The number of nitrogens with zero attached hydrogens (tertiary/aromatic N) is 2. The average Bonchev–Trinajstić information content (AvgIpc) is 3.00. The lowest BCUT2D eigenvalue weighted by molar-refractivity contribution is -0.117. The van der Waals surface area contributed by atoms with Gasteiger partial charge in [-0.15, -0.1) is 0 Å². The summed E-state index contributed by atoms with van der Waals surface area (Å²) in [6.45, 7) is 1.18. The Morgan fingerprint density at radius 1 is 1.65 bits per heavy atom. The van der Waals surface area contributed by atoms with Gasteiger partial charge in [-0.3, -0.25) is 9.78 Å². The van der Waals surface area contributed by atoms with E-state index in [1.807, 2.05) is 6.07 Å². The summed E-state index contributed by atoms with van der Waals surface area (Å²) < 4.78 is 5.41. The first-order valence-electron chi connectivity index (χ1n) is 6.46. The lowest BCUT2D eigenvalue weighted by atomic mass is 10.2. The van der Waals surface area contributed by atoms with Gasteiger partial charge < -0.3 is 15.4 Å². The zero-order valence-electron chi connectivity index (χ0n) is 11.0. The maximum absolute atomic E-state index is 11.8. The van der Waals surface area contributed by atoms with Gasteiger partial charge >= 0.3 is 0 Å². The molecule has 1 aromatic rings. The van der Waals surface area contributed by atoms with Gasteiger partial charge in [0.25, 0.3) is 5.91 Å². The van der Waals surface area contributed by atoms with Crippen LogP contribution in [0.3, 0.4) is 0 Å². The number of nitrogens with one attached hydrogen (secondary N) is 2. The highest BCUT2D eigenvalue weighted by molar-refractivity contribution is 5.97. The van der Waals surface area contributed by atoms with Gasteiger partial charge in [0.2, 0.25) is 0 Å². The Hall–Kier alpha value is -2.39. The average molecular weight is 272 g/mol. The first kappa shape index (κ1) is 14.0. The van der Waals surface area contributed by atoms with E-state index in [2.05, 4.69) is 15.6 Å². The molecule has 104 valence electrons. The number of pyridine rings is 1. The predicted octanol–water partition coefficient (Wildman–Crippen LogP) is 1.20. The predicted molar refractivity (Wildman–Crippen MR) is 73.5 cm³/mol. The largest absolute Gasteiger partial charge is 0.376 e. The Morgan fingerprint density at radius 3 is 3.20 bits per heavy atom. The molecular weight excluding hydrogens is 256 g/mol. The van der Waals surface area contributed by atoms with Crippen LogP contribution >= 0.6 is 0 Å². The minimum Gasteiger partial charge on any atom is -0.376 e. The molecule has 1 aromatic heterocycles. The van der Waals surface area contributed by atoms with Gasteiger partial charge in [0.1, 0.15) is 11.6 Å². The van der Waals surface area contributed by atoms with Gasteiger partial charge in [-0.05, 0) is 25.0 Å². The van der Waals surface area contributed by atoms with Crippen molar-refractivity contribution in [2.24, 2.45) is 0 Å². The Bertz CT molecular complexity index is 516. The number of rotatable bonds is 5. The molecule has 0 saturated carbocycles. The van der Waals surface area contributed by atoms with Crippen LogP contribution in [-0.2, 0) is 9.53 Å². The second kappa shape index (κ2) is 7.26. The van der Waals surface area contributed by atoms with E-state index in [4.69, 9.17) is 10.00 Å². The minimum absolute atomic E-state index is 0.0202. The highest BCUT2D eigenvalue weighted by atomic mass is 16.5. The monoisotopic (exact) mass is 272 g/mol. The van der Waals surface area contributed by atoms with E-state index in [0.717, 1.165) is 19.4 Å². The molecule has 1 unspecified atom stereocenters. The summed E-state index contributed by atoms with van der Waals surface area (Å²) in [6, 6.07) is 5.43. The number of hydrogen-bond acceptors (Lipinski definition) is 5. The fourth-order valence-electron chi connectivity index (χ4n) is 1.86. The summed E-state index contributed by atoms with van der Waals surface area (Å²) in [5.41, 5.74) is 0.735. The third-order valence-electron chi connectivity index (χ3n) is 2.92. The van der Waals surface area contributed by atoms with Crippen molar-refractivity contribution in [2.75, 3.05) is 18.5 Å². The van der Waals surface area contributed by atoms with E-state index < -0.39 is 5.91 Å². The molecule has 1 aliphatic rings. The van der Waals surface area contributed by atoms with E-state index in [1.165, 1.54) is 6.20 Å². The van der Waals surface area contributed by atoms with Crippen LogP contribution in [0.25, 0.3) is 0 Å². The summed E-state index contributed by atoms with van der Waals surface area (Å²) in [4.78, 5) is 15.8. The quantitative estimate of drug-likeness (QED) is 0.621. The molecule has 0 radical (unpaired) electrons. The molecule has 0 aliphatic carbocycles. The van der Waals surface area contributed by atoms with Crippen LogP contribution in [0.15, 0.2) is 36.3 Å². The van der Waals surface area contributed by atoms with Crippen molar-refractivity contribution in [3.05, 3.63) is 36.3 Å². The molecule has 1 fully saturated rings. The summed E-state index contributed by atoms with van der Waals surface area (Å²) in [7, 11) is 0. The number of aromatic nitrogens is 1. The first-order valence-corrected chi connectivity index (χ1v) is 6.46. The number of carbonyl (C=O) groups is 1. The fourth-order valence-corrected chi connectivity index (χ4v) is 1.86. The zero-order chi connectivity index (χ0) is 14.2. The van der Waals surface area contributed by atoms with E-state index >= 15 is 0 Å². The molecule has 6 heteroatoms. The number of amides is 1. The lowest BCUT2D eigenvalue weighted by Gasteiger charge is -2.10. The molecular formula is C14H16N4O2. The van der Waals surface area contributed by atoms with Crippen molar-refractivity contribution >= 4 is 11.6 Å². The van der Waals surface area contributed by atoms with Gasteiger partial charge in [0, 0.05) is 25.5 Å². The first-order chi connectivity index (χ1) is 9.79. The van der Waals surface area contributed by atoms with Crippen LogP contribution < -0.4 is 10.6 Å². The highest BCUT2D eigenvalue weighted by Gasteiger charge is 2.17. The molecule has 1 atom stereocenters. The lowest BCUT2D eigenvalue weighted by Crippen LogP contribution is -2.32. The van der Waals surface area contributed by atoms with Gasteiger partial charge in [-0.25, -0.2) is 0 Å². The number of nitriles is 1. The molecule has 20 heavy (non-hydrogen) atoms. The van der Waals surface area contributed by atoms with Crippen LogP contribution in [0.2, 0.25) is 0 Å². The maximum Gasteiger partial charge on any atom is 0.263 e. The summed E-state index contributed by atoms with van der Waals surface area (Å²) in [6.07, 6.45) is 6.65. The topological polar surface area (TPSA) is 87.0 Å². The molecule has 1 amide bonds. The molecule has 6 nitrogen and oxygen atoms in total. The minimum atomic E-state index is -0.403. The fraction of sp³-hybridized carbons (Fsp3) is 0.357. The number of anilines is 1. The van der Waals surface area contributed by atoms with Crippen molar-refractivity contribution in [3.8, 4) is 6.07 Å². The normalized spacial score (nSPS) is 18.4. The summed E-state index contributed by atoms with van der Waals surface area (Å²) >= 11 is 0. The van der Waals surface area contributed by atoms with E-state index in [1.54, 1.807) is 24.5 Å². The molecule has 0 bridgehead atoms. The number of ether oxygens (including phenoxy) is 1. The Labute approximate surface area is 117 Å². The van der Waals surface area contributed by atoms with Crippen LogP contribution in [0.4, 0.5) is 5.69 Å². The van der Waals surface area contributed by atoms with Gasteiger partial charge in [-0.1, -0.05) is 0 Å². The smallest absolute Gasteiger partial charge is 0.263 e.